The number of hydrogen-bond donors (Lipinski definition) is 0. The molecule has 0 bridgehead atoms. The Bertz CT molecular complexity index is 198. The Morgan fingerprint density at radius 1 is 1.33 bits per heavy atom. The summed E-state index contributed by atoms with van der Waals surface area (Å²) in [6, 6.07) is 7.94. The Balaban J connectivity index is 3.01. The van der Waals surface area contributed by atoms with E-state index in [4.69, 9.17) is 3.32 Å². The molecule has 0 spiro atoms. The number of para-hydroxylation sites is 1. The minimum atomic E-state index is 0.956. The summed E-state index contributed by atoms with van der Waals surface area (Å²) in [6.07, 6.45) is 0. The summed E-state index contributed by atoms with van der Waals surface area (Å²) in [7, 11) is 0. The van der Waals surface area contributed by atoms with E-state index < -0.39 is 0 Å². The molecule has 0 aromatic heterocycles. The van der Waals surface area contributed by atoms with Crippen LogP contribution in [0.25, 0.3) is 0 Å². The third-order valence-electron chi connectivity index (χ3n) is 1.20. The van der Waals surface area contributed by atoms with E-state index in [1.807, 2.05) is 31.2 Å². The van der Waals surface area contributed by atoms with Crippen LogP contribution in [0.15, 0.2) is 24.3 Å². The zero-order valence-electron chi connectivity index (χ0n) is 5.22. The summed E-state index contributed by atoms with van der Waals surface area (Å²) >= 11 is 1.68. The first-order valence-electron chi connectivity index (χ1n) is 2.74. The summed E-state index contributed by atoms with van der Waals surface area (Å²) in [4.78, 5) is 0. The van der Waals surface area contributed by atoms with Gasteiger partial charge in [0.25, 0.3) is 0 Å². The van der Waals surface area contributed by atoms with Crippen LogP contribution in [0.4, 0.5) is 0 Å². The zero-order chi connectivity index (χ0) is 6.69. The van der Waals surface area contributed by atoms with E-state index in [1.165, 1.54) is 5.56 Å². The normalized spacial score (nSPS) is 8.89. The van der Waals surface area contributed by atoms with Crippen molar-refractivity contribution in [1.82, 2.24) is 0 Å². The summed E-state index contributed by atoms with van der Waals surface area (Å²) in [5.74, 6) is 0.956. The Morgan fingerprint density at radius 2 is 2.00 bits per heavy atom. The number of hydrogen-bond acceptors (Lipinski definition) is 1. The fourth-order valence-electron chi connectivity index (χ4n) is 0.671. The van der Waals surface area contributed by atoms with Crippen LogP contribution in [0.2, 0.25) is 0 Å². The standard InChI is InChI=1S/C7H8O.Ti/c1-6-4-2-3-5-7(6)8;/h2-5,8H,1H3;/q;+1/p-1. The second-order valence-electron chi connectivity index (χ2n) is 1.87. The Kier molecular flexibility index (Phi) is 2.32. The van der Waals surface area contributed by atoms with Gasteiger partial charge in [-0.25, -0.2) is 0 Å². The molecule has 0 aliphatic carbocycles. The molecule has 0 saturated carbocycles. The maximum absolute atomic E-state index is 5.04. The van der Waals surface area contributed by atoms with Crippen LogP contribution in [0.1, 0.15) is 5.56 Å². The van der Waals surface area contributed by atoms with Crippen molar-refractivity contribution in [1.29, 1.82) is 0 Å². The molecule has 0 saturated heterocycles. The fourth-order valence-corrected chi connectivity index (χ4v) is 1.03. The quantitative estimate of drug-likeness (QED) is 0.562. The molecule has 9 heavy (non-hydrogen) atoms. The molecule has 0 aliphatic rings. The Morgan fingerprint density at radius 3 is 2.44 bits per heavy atom. The first-order valence-corrected chi connectivity index (χ1v) is 3.37. The van der Waals surface area contributed by atoms with E-state index in [0.717, 1.165) is 5.75 Å². The summed E-state index contributed by atoms with van der Waals surface area (Å²) in [5.41, 5.74) is 1.18. The van der Waals surface area contributed by atoms with Crippen molar-refractivity contribution in [2.24, 2.45) is 0 Å². The predicted octanol–water partition coefficient (Wildman–Crippen LogP) is 1.84. The Labute approximate surface area is 66.9 Å². The van der Waals surface area contributed by atoms with Gasteiger partial charge < -0.3 is 0 Å². The van der Waals surface area contributed by atoms with Gasteiger partial charge in [-0.3, -0.25) is 0 Å². The molecule has 0 N–H and O–H groups in total. The number of benzene rings is 1. The molecular weight excluding hydrogens is 148 g/mol. The van der Waals surface area contributed by atoms with Crippen LogP contribution in [-0.4, -0.2) is 0 Å². The van der Waals surface area contributed by atoms with E-state index in [0.29, 0.717) is 0 Å². The second-order valence-corrected chi connectivity index (χ2v) is 2.19. The zero-order valence-corrected chi connectivity index (χ0v) is 6.78. The van der Waals surface area contributed by atoms with Gasteiger partial charge in [-0.05, 0) is 0 Å². The van der Waals surface area contributed by atoms with Crippen molar-refractivity contribution in [2.75, 3.05) is 0 Å². The predicted molar refractivity (Wildman–Crippen MR) is 31.8 cm³/mol. The molecular formula is C7H7OTi. The van der Waals surface area contributed by atoms with Crippen molar-refractivity contribution < 1.29 is 24.1 Å². The second kappa shape index (κ2) is 3.04. The monoisotopic (exact) mass is 155 g/mol. The van der Waals surface area contributed by atoms with Crippen molar-refractivity contribution in [3.63, 3.8) is 0 Å². The molecule has 1 rings (SSSR count). The van der Waals surface area contributed by atoms with Crippen LogP contribution >= 0.6 is 0 Å². The molecule has 0 radical (unpaired) electrons. The van der Waals surface area contributed by atoms with Crippen LogP contribution < -0.4 is 3.32 Å². The van der Waals surface area contributed by atoms with Gasteiger partial charge in [0.2, 0.25) is 0 Å². The van der Waals surface area contributed by atoms with Crippen molar-refractivity contribution in [3.05, 3.63) is 29.8 Å². The maximum atomic E-state index is 5.04. The van der Waals surface area contributed by atoms with Gasteiger partial charge in [0, 0.05) is 0 Å². The fraction of sp³-hybridized carbons (Fsp3) is 0.143. The van der Waals surface area contributed by atoms with Gasteiger partial charge in [-0.15, -0.1) is 0 Å². The molecule has 0 amide bonds. The van der Waals surface area contributed by atoms with E-state index in [2.05, 4.69) is 0 Å². The van der Waals surface area contributed by atoms with Gasteiger partial charge in [0.05, 0.1) is 0 Å². The molecule has 1 aromatic rings. The van der Waals surface area contributed by atoms with Gasteiger partial charge in [-0.2, -0.15) is 0 Å². The molecule has 0 unspecified atom stereocenters. The summed E-state index contributed by atoms with van der Waals surface area (Å²) in [5, 5.41) is 0. The van der Waals surface area contributed by atoms with E-state index >= 15 is 0 Å². The third-order valence-corrected chi connectivity index (χ3v) is 1.55. The topological polar surface area (TPSA) is 9.23 Å². The number of aryl methyl sites for hydroxylation is 1. The molecule has 0 fully saturated rings. The van der Waals surface area contributed by atoms with Crippen molar-refractivity contribution in [2.45, 2.75) is 6.92 Å². The van der Waals surface area contributed by atoms with Crippen molar-refractivity contribution >= 4 is 0 Å². The third kappa shape index (κ3) is 1.57. The van der Waals surface area contributed by atoms with E-state index in [1.54, 1.807) is 20.8 Å². The van der Waals surface area contributed by atoms with E-state index in [9.17, 15) is 0 Å². The molecule has 1 aromatic carbocycles. The SMILES string of the molecule is Cc1ccccc1[O][Ti]. The van der Waals surface area contributed by atoms with Crippen LogP contribution in [0.3, 0.4) is 0 Å². The molecule has 0 heterocycles. The molecule has 2 heteroatoms. The van der Waals surface area contributed by atoms with Gasteiger partial charge >= 0.3 is 66.6 Å². The van der Waals surface area contributed by atoms with Gasteiger partial charge in [0.1, 0.15) is 0 Å². The average Bonchev–Trinajstić information content (AvgIpc) is 1.89. The summed E-state index contributed by atoms with van der Waals surface area (Å²) < 4.78 is 5.04. The minimum absolute atomic E-state index is 0.956. The molecule has 0 atom stereocenters. The first-order chi connectivity index (χ1) is 4.34. The van der Waals surface area contributed by atoms with Crippen LogP contribution in [0, 0.1) is 6.92 Å². The van der Waals surface area contributed by atoms with E-state index in [-0.39, 0.29) is 0 Å². The van der Waals surface area contributed by atoms with Crippen molar-refractivity contribution in [3.8, 4) is 5.75 Å². The molecule has 0 aliphatic heterocycles. The average molecular weight is 155 g/mol. The summed E-state index contributed by atoms with van der Waals surface area (Å²) in [6.45, 7) is 2.03. The first kappa shape index (κ1) is 6.85. The van der Waals surface area contributed by atoms with Gasteiger partial charge in [-0.1, -0.05) is 0 Å². The van der Waals surface area contributed by atoms with Crippen LogP contribution in [-0.2, 0) is 20.8 Å². The number of rotatable bonds is 1. The van der Waals surface area contributed by atoms with Gasteiger partial charge in [0.15, 0.2) is 0 Å². The molecule has 1 nitrogen and oxygen atoms in total. The Hall–Kier alpha value is -0.266. The molecule has 45 valence electrons. The van der Waals surface area contributed by atoms with Crippen LogP contribution in [0.5, 0.6) is 5.75 Å².